The number of rotatable bonds is 9. The zero-order chi connectivity index (χ0) is 25.7. The normalized spacial score (nSPS) is 16.0. The van der Waals surface area contributed by atoms with Gasteiger partial charge in [-0.2, -0.15) is 0 Å². The summed E-state index contributed by atoms with van der Waals surface area (Å²) in [7, 11) is 0. The van der Waals surface area contributed by atoms with Gasteiger partial charge in [-0.3, -0.25) is 19.3 Å². The van der Waals surface area contributed by atoms with E-state index < -0.39 is 23.6 Å². The lowest BCUT2D eigenvalue weighted by molar-refractivity contribution is -0.127. The Hall–Kier alpha value is -3.66. The van der Waals surface area contributed by atoms with E-state index in [4.69, 9.17) is 18.9 Å². The minimum Gasteiger partial charge on any atom is -0.490 e. The van der Waals surface area contributed by atoms with E-state index in [1.165, 1.54) is 0 Å². The maximum atomic E-state index is 12.9. The lowest BCUT2D eigenvalue weighted by Gasteiger charge is -2.19. The average Bonchev–Trinajstić information content (AvgIpc) is 3.10. The Balaban J connectivity index is 1.43. The second kappa shape index (κ2) is 11.4. The Kier molecular flexibility index (Phi) is 8.04. The van der Waals surface area contributed by atoms with Crippen molar-refractivity contribution in [2.24, 2.45) is 5.92 Å². The van der Waals surface area contributed by atoms with E-state index in [1.807, 2.05) is 6.92 Å². The summed E-state index contributed by atoms with van der Waals surface area (Å²) in [4.78, 5) is 39.1. The third kappa shape index (κ3) is 6.12. The van der Waals surface area contributed by atoms with Gasteiger partial charge < -0.3 is 24.3 Å². The van der Waals surface area contributed by atoms with Crippen LogP contribution in [-0.2, 0) is 9.59 Å². The molecule has 1 fully saturated rings. The van der Waals surface area contributed by atoms with Gasteiger partial charge in [0.25, 0.3) is 11.1 Å². The maximum absolute atomic E-state index is 12.9. The monoisotopic (exact) mass is 512 g/mol. The molecule has 9 nitrogen and oxygen atoms in total. The molecule has 0 atom stereocenters. The van der Waals surface area contributed by atoms with Gasteiger partial charge in [0, 0.05) is 11.8 Å². The number of hydrogen-bond donors (Lipinski definition) is 1. The summed E-state index contributed by atoms with van der Waals surface area (Å²) < 4.78 is 22.5. The number of hydrogen-bond acceptors (Lipinski definition) is 8. The summed E-state index contributed by atoms with van der Waals surface area (Å²) in [6, 6.07) is 10.4. The van der Waals surface area contributed by atoms with Crippen LogP contribution in [0.15, 0.2) is 41.3 Å². The van der Waals surface area contributed by atoms with Gasteiger partial charge in [-0.15, -0.1) is 0 Å². The number of imide groups is 1. The van der Waals surface area contributed by atoms with Gasteiger partial charge in [0.05, 0.1) is 18.1 Å². The van der Waals surface area contributed by atoms with Gasteiger partial charge in [0.1, 0.15) is 19.8 Å². The van der Waals surface area contributed by atoms with Crippen molar-refractivity contribution in [3.8, 4) is 23.0 Å². The highest BCUT2D eigenvalue weighted by atomic mass is 32.2. The predicted molar refractivity (Wildman–Crippen MR) is 137 cm³/mol. The highest BCUT2D eigenvalue weighted by Crippen LogP contribution is 2.35. The van der Waals surface area contributed by atoms with Crippen molar-refractivity contribution >= 4 is 40.6 Å². The smallest absolute Gasteiger partial charge is 0.294 e. The molecule has 0 unspecified atom stereocenters. The SMILES string of the molecule is CCOc1cc(/C=C2\SC(=O)N(CC(=O)Nc3ccc4c(c3)OCCO4)C2=O)ccc1OCC(C)C. The minimum absolute atomic E-state index is 0.227. The second-order valence-corrected chi connectivity index (χ2v) is 9.51. The first-order valence-electron chi connectivity index (χ1n) is 11.7. The van der Waals surface area contributed by atoms with E-state index in [0.29, 0.717) is 66.6 Å². The Morgan fingerprint density at radius 2 is 1.86 bits per heavy atom. The molecule has 2 aromatic carbocycles. The Labute approximate surface area is 213 Å². The molecule has 0 aliphatic carbocycles. The summed E-state index contributed by atoms with van der Waals surface area (Å²) >= 11 is 0.791. The fourth-order valence-electron chi connectivity index (χ4n) is 3.51. The quantitative estimate of drug-likeness (QED) is 0.488. The van der Waals surface area contributed by atoms with E-state index in [-0.39, 0.29) is 4.91 Å². The largest absolute Gasteiger partial charge is 0.490 e. The molecule has 2 aromatic rings. The molecule has 4 rings (SSSR count). The number of anilines is 1. The van der Waals surface area contributed by atoms with Crippen LogP contribution < -0.4 is 24.3 Å². The molecule has 2 heterocycles. The number of thioether (sulfide) groups is 1. The summed E-state index contributed by atoms with van der Waals surface area (Å²) in [5.41, 5.74) is 1.16. The van der Waals surface area contributed by atoms with Crippen molar-refractivity contribution in [2.75, 3.05) is 38.3 Å². The summed E-state index contributed by atoms with van der Waals surface area (Å²) in [5.74, 6) is 1.64. The van der Waals surface area contributed by atoms with Crippen LogP contribution in [0.5, 0.6) is 23.0 Å². The highest BCUT2D eigenvalue weighted by molar-refractivity contribution is 8.18. The van der Waals surface area contributed by atoms with Crippen LogP contribution in [0.1, 0.15) is 26.3 Å². The number of benzene rings is 2. The van der Waals surface area contributed by atoms with Crippen LogP contribution in [0.3, 0.4) is 0 Å². The molecule has 1 saturated heterocycles. The Morgan fingerprint density at radius 3 is 2.61 bits per heavy atom. The van der Waals surface area contributed by atoms with E-state index in [1.54, 1.807) is 42.5 Å². The molecule has 0 saturated carbocycles. The first kappa shape index (κ1) is 25.4. The lowest BCUT2D eigenvalue weighted by Crippen LogP contribution is -2.36. The van der Waals surface area contributed by atoms with Gasteiger partial charge in [0.15, 0.2) is 23.0 Å². The van der Waals surface area contributed by atoms with Gasteiger partial charge in [-0.05, 0) is 60.5 Å². The minimum atomic E-state index is -0.527. The van der Waals surface area contributed by atoms with Crippen LogP contribution in [0.25, 0.3) is 6.08 Å². The zero-order valence-corrected chi connectivity index (χ0v) is 21.2. The molecule has 190 valence electrons. The van der Waals surface area contributed by atoms with Crippen LogP contribution in [0, 0.1) is 5.92 Å². The molecule has 0 radical (unpaired) electrons. The molecule has 2 aliphatic rings. The van der Waals surface area contributed by atoms with E-state index in [9.17, 15) is 14.4 Å². The molecule has 0 aromatic heterocycles. The number of fused-ring (bicyclic) bond motifs is 1. The summed E-state index contributed by atoms with van der Waals surface area (Å²) in [6.07, 6.45) is 1.61. The van der Waals surface area contributed by atoms with Crippen LogP contribution in [0.4, 0.5) is 10.5 Å². The van der Waals surface area contributed by atoms with Crippen molar-refractivity contribution in [3.63, 3.8) is 0 Å². The van der Waals surface area contributed by atoms with Crippen molar-refractivity contribution < 1.29 is 33.3 Å². The van der Waals surface area contributed by atoms with Crippen LogP contribution in [0.2, 0.25) is 0 Å². The Morgan fingerprint density at radius 1 is 1.08 bits per heavy atom. The molecule has 10 heteroatoms. The number of amides is 3. The zero-order valence-electron chi connectivity index (χ0n) is 20.4. The summed E-state index contributed by atoms with van der Waals surface area (Å²) in [6.45, 7) is 7.48. The molecular formula is C26H28N2O7S. The molecule has 0 spiro atoms. The number of ether oxygens (including phenoxy) is 4. The third-order valence-electron chi connectivity index (χ3n) is 5.14. The Bertz CT molecular complexity index is 1190. The highest BCUT2D eigenvalue weighted by Gasteiger charge is 2.36. The fraction of sp³-hybridized carbons (Fsp3) is 0.346. The van der Waals surface area contributed by atoms with E-state index in [0.717, 1.165) is 16.7 Å². The van der Waals surface area contributed by atoms with Gasteiger partial charge in [0.2, 0.25) is 5.91 Å². The molecule has 2 aliphatic heterocycles. The first-order valence-corrected chi connectivity index (χ1v) is 12.5. The predicted octanol–water partition coefficient (Wildman–Crippen LogP) is 4.57. The number of nitrogens with zero attached hydrogens (tertiary/aromatic N) is 1. The van der Waals surface area contributed by atoms with Crippen molar-refractivity contribution in [3.05, 3.63) is 46.9 Å². The van der Waals surface area contributed by atoms with Crippen molar-refractivity contribution in [1.82, 2.24) is 4.90 Å². The second-order valence-electron chi connectivity index (χ2n) is 8.52. The van der Waals surface area contributed by atoms with Gasteiger partial charge >= 0.3 is 0 Å². The molecule has 0 bridgehead atoms. The molecule has 3 amide bonds. The standard InChI is InChI=1S/C26H28N2O7S/c1-4-32-21-11-17(5-7-20(21)35-15-16(2)3)12-23-25(30)28(26(31)36-23)14-24(29)27-18-6-8-19-22(13-18)34-10-9-33-19/h5-8,11-13,16H,4,9-10,14-15H2,1-3H3,(H,27,29)/b23-12-. The van der Waals surface area contributed by atoms with Gasteiger partial charge in [-0.25, -0.2) is 0 Å². The van der Waals surface area contributed by atoms with Gasteiger partial charge in [-0.1, -0.05) is 19.9 Å². The van der Waals surface area contributed by atoms with Crippen LogP contribution in [-0.4, -0.2) is 54.9 Å². The molecular weight excluding hydrogens is 484 g/mol. The average molecular weight is 513 g/mol. The van der Waals surface area contributed by atoms with Crippen LogP contribution >= 0.6 is 11.8 Å². The first-order chi connectivity index (χ1) is 17.3. The van der Waals surface area contributed by atoms with E-state index in [2.05, 4.69) is 19.2 Å². The number of nitrogens with one attached hydrogen (secondary N) is 1. The lowest BCUT2D eigenvalue weighted by atomic mass is 10.1. The molecule has 36 heavy (non-hydrogen) atoms. The van der Waals surface area contributed by atoms with Crippen molar-refractivity contribution in [1.29, 1.82) is 0 Å². The number of carbonyl (C=O) groups excluding carboxylic acids is 3. The third-order valence-corrected chi connectivity index (χ3v) is 6.05. The fourth-order valence-corrected chi connectivity index (χ4v) is 4.35. The summed E-state index contributed by atoms with van der Waals surface area (Å²) in [5, 5.41) is 2.18. The van der Waals surface area contributed by atoms with Crippen molar-refractivity contribution in [2.45, 2.75) is 20.8 Å². The maximum Gasteiger partial charge on any atom is 0.294 e. The number of carbonyl (C=O) groups is 3. The van der Waals surface area contributed by atoms with E-state index >= 15 is 0 Å². The topological polar surface area (TPSA) is 103 Å². The molecule has 1 N–H and O–H groups in total.